The summed E-state index contributed by atoms with van der Waals surface area (Å²) in [6.45, 7) is 3.07. The number of likely N-dealkylation sites (tertiary alicyclic amines) is 1. The van der Waals surface area contributed by atoms with E-state index < -0.39 is 0 Å². The minimum absolute atomic E-state index is 0.00644. The van der Waals surface area contributed by atoms with Gasteiger partial charge in [-0.2, -0.15) is 0 Å². The van der Waals surface area contributed by atoms with Gasteiger partial charge in [-0.1, -0.05) is 29.9 Å². The van der Waals surface area contributed by atoms with Gasteiger partial charge in [-0.15, -0.1) is 10.2 Å². The highest BCUT2D eigenvalue weighted by Gasteiger charge is 2.34. The summed E-state index contributed by atoms with van der Waals surface area (Å²) in [6, 6.07) is 5.72. The van der Waals surface area contributed by atoms with Gasteiger partial charge in [0.1, 0.15) is 5.01 Å². The van der Waals surface area contributed by atoms with Gasteiger partial charge in [-0.3, -0.25) is 9.59 Å². The summed E-state index contributed by atoms with van der Waals surface area (Å²) in [5, 5.41) is 14.1. The van der Waals surface area contributed by atoms with E-state index in [9.17, 15) is 9.59 Å². The summed E-state index contributed by atoms with van der Waals surface area (Å²) >= 11 is 7.50. The lowest BCUT2D eigenvalue weighted by Gasteiger charge is -2.16. The van der Waals surface area contributed by atoms with Crippen molar-refractivity contribution in [2.45, 2.75) is 32.6 Å². The van der Waals surface area contributed by atoms with Crippen LogP contribution in [-0.4, -0.2) is 45.0 Å². The molecule has 2 aromatic heterocycles. The standard InChI is InChI=1S/C20H22ClN5O2S/c1-2-3-17-24-25-20(29-17)23-19(28)13-8-18(27)26(11-13)7-6-12-10-22-16-5-4-14(21)9-15(12)16/h4-5,9-10,13,22H,2-3,6-8,11H2,1H3,(H,23,25,28)/t13-/m0/s1. The van der Waals surface area contributed by atoms with Crippen LogP contribution in [0.2, 0.25) is 5.02 Å². The highest BCUT2D eigenvalue weighted by Crippen LogP contribution is 2.25. The predicted molar refractivity (Wildman–Crippen MR) is 114 cm³/mol. The first kappa shape index (κ1) is 19.8. The third kappa shape index (κ3) is 4.43. The van der Waals surface area contributed by atoms with E-state index in [1.54, 1.807) is 4.90 Å². The summed E-state index contributed by atoms with van der Waals surface area (Å²) in [6.07, 6.45) is 4.72. The molecule has 1 aliphatic rings. The van der Waals surface area contributed by atoms with Crippen molar-refractivity contribution in [3.63, 3.8) is 0 Å². The first-order valence-corrected chi connectivity index (χ1v) is 10.9. The summed E-state index contributed by atoms with van der Waals surface area (Å²) in [5.41, 5.74) is 2.13. The molecule has 4 rings (SSSR count). The second-order valence-corrected chi connectivity index (χ2v) is 8.73. The van der Waals surface area contributed by atoms with Crippen LogP contribution in [-0.2, 0) is 22.4 Å². The van der Waals surface area contributed by atoms with E-state index in [1.807, 2.05) is 24.4 Å². The Kier molecular flexibility index (Phi) is 5.82. The van der Waals surface area contributed by atoms with Crippen LogP contribution in [0.25, 0.3) is 10.9 Å². The number of carbonyl (C=O) groups is 2. The number of aromatic nitrogens is 3. The number of nitrogens with one attached hydrogen (secondary N) is 2. The molecule has 0 bridgehead atoms. The molecule has 3 heterocycles. The zero-order valence-corrected chi connectivity index (χ0v) is 17.6. The van der Waals surface area contributed by atoms with Gasteiger partial charge in [0, 0.05) is 48.1 Å². The van der Waals surface area contributed by atoms with Gasteiger partial charge in [-0.25, -0.2) is 0 Å². The molecule has 1 saturated heterocycles. The second kappa shape index (κ2) is 8.51. The number of anilines is 1. The fourth-order valence-electron chi connectivity index (χ4n) is 3.60. The molecule has 1 aromatic carbocycles. The van der Waals surface area contributed by atoms with E-state index >= 15 is 0 Å². The number of hydrogen-bond acceptors (Lipinski definition) is 5. The van der Waals surface area contributed by atoms with E-state index in [0.717, 1.165) is 34.3 Å². The SMILES string of the molecule is CCCc1nnc(NC(=O)[C@H]2CC(=O)N(CCc3c[nH]c4ccc(Cl)cc34)C2)s1. The molecule has 0 unspecified atom stereocenters. The van der Waals surface area contributed by atoms with Crippen molar-refractivity contribution in [2.24, 2.45) is 5.92 Å². The zero-order valence-electron chi connectivity index (χ0n) is 16.1. The highest BCUT2D eigenvalue weighted by atomic mass is 35.5. The van der Waals surface area contributed by atoms with E-state index in [4.69, 9.17) is 11.6 Å². The number of hydrogen-bond donors (Lipinski definition) is 2. The van der Waals surface area contributed by atoms with E-state index in [-0.39, 0.29) is 24.2 Å². The van der Waals surface area contributed by atoms with Gasteiger partial charge in [0.25, 0.3) is 0 Å². The molecule has 0 aliphatic carbocycles. The van der Waals surface area contributed by atoms with E-state index in [2.05, 4.69) is 27.4 Å². The first-order valence-electron chi connectivity index (χ1n) is 9.70. The molecule has 3 aromatic rings. The van der Waals surface area contributed by atoms with Gasteiger partial charge in [0.05, 0.1) is 5.92 Å². The molecule has 9 heteroatoms. The Morgan fingerprint density at radius 1 is 1.38 bits per heavy atom. The summed E-state index contributed by atoms with van der Waals surface area (Å²) in [4.78, 5) is 29.9. The Morgan fingerprint density at radius 3 is 3.07 bits per heavy atom. The lowest BCUT2D eigenvalue weighted by Crippen LogP contribution is -2.30. The molecule has 152 valence electrons. The molecule has 7 nitrogen and oxygen atoms in total. The van der Waals surface area contributed by atoms with Gasteiger partial charge >= 0.3 is 0 Å². The number of rotatable bonds is 7. The molecule has 0 saturated carbocycles. The Balaban J connectivity index is 1.34. The van der Waals surface area contributed by atoms with Crippen molar-refractivity contribution in [1.29, 1.82) is 0 Å². The molecule has 1 atom stereocenters. The Morgan fingerprint density at radius 2 is 2.24 bits per heavy atom. The molecule has 1 aliphatic heterocycles. The highest BCUT2D eigenvalue weighted by molar-refractivity contribution is 7.15. The average molecular weight is 432 g/mol. The number of nitrogens with zero attached hydrogens (tertiary/aromatic N) is 3. The Bertz CT molecular complexity index is 1050. The van der Waals surface area contributed by atoms with Crippen molar-refractivity contribution in [3.8, 4) is 0 Å². The number of aryl methyl sites for hydroxylation is 1. The predicted octanol–water partition coefficient (Wildman–Crippen LogP) is 3.66. The number of carbonyl (C=O) groups excluding carboxylic acids is 2. The van der Waals surface area contributed by atoms with Crippen LogP contribution in [0.5, 0.6) is 0 Å². The summed E-state index contributed by atoms with van der Waals surface area (Å²) in [7, 11) is 0. The molecular formula is C20H22ClN5O2S. The largest absolute Gasteiger partial charge is 0.361 e. The van der Waals surface area contributed by atoms with Gasteiger partial charge in [0.2, 0.25) is 16.9 Å². The smallest absolute Gasteiger partial charge is 0.231 e. The molecular weight excluding hydrogens is 410 g/mol. The summed E-state index contributed by atoms with van der Waals surface area (Å²) < 4.78 is 0. The fraction of sp³-hybridized carbons (Fsp3) is 0.400. The first-order chi connectivity index (χ1) is 14.0. The second-order valence-electron chi connectivity index (χ2n) is 7.23. The number of aromatic amines is 1. The van der Waals surface area contributed by atoms with Gasteiger partial charge in [-0.05, 0) is 36.6 Å². The maximum Gasteiger partial charge on any atom is 0.231 e. The van der Waals surface area contributed by atoms with Crippen LogP contribution >= 0.6 is 22.9 Å². The van der Waals surface area contributed by atoms with Crippen molar-refractivity contribution in [1.82, 2.24) is 20.1 Å². The molecule has 2 N–H and O–H groups in total. The van der Waals surface area contributed by atoms with E-state index in [1.165, 1.54) is 11.3 Å². The van der Waals surface area contributed by atoms with Crippen LogP contribution in [0.1, 0.15) is 30.3 Å². The number of fused-ring (bicyclic) bond motifs is 1. The lowest BCUT2D eigenvalue weighted by molar-refractivity contribution is -0.128. The molecule has 29 heavy (non-hydrogen) atoms. The summed E-state index contributed by atoms with van der Waals surface area (Å²) in [5.74, 6) is -0.524. The fourth-order valence-corrected chi connectivity index (χ4v) is 4.62. The maximum atomic E-state index is 12.5. The van der Waals surface area contributed by atoms with Crippen LogP contribution in [0, 0.1) is 5.92 Å². The van der Waals surface area contributed by atoms with Crippen molar-refractivity contribution in [3.05, 3.63) is 40.0 Å². The Hall–Kier alpha value is -2.45. The van der Waals surface area contributed by atoms with Gasteiger partial charge < -0.3 is 15.2 Å². The number of benzene rings is 1. The van der Waals surface area contributed by atoms with Crippen molar-refractivity contribution >= 4 is 50.8 Å². The zero-order chi connectivity index (χ0) is 20.4. The minimum atomic E-state index is -0.363. The van der Waals surface area contributed by atoms with Crippen LogP contribution in [0.4, 0.5) is 5.13 Å². The normalized spacial score (nSPS) is 16.7. The molecule has 1 fully saturated rings. The Labute approximate surface area is 177 Å². The lowest BCUT2D eigenvalue weighted by atomic mass is 10.1. The van der Waals surface area contributed by atoms with Crippen molar-refractivity contribution in [2.75, 3.05) is 18.4 Å². The number of amides is 2. The van der Waals surface area contributed by atoms with E-state index in [0.29, 0.717) is 29.7 Å². The molecule has 2 amide bonds. The van der Waals surface area contributed by atoms with Crippen LogP contribution in [0.15, 0.2) is 24.4 Å². The average Bonchev–Trinajstić information content (AvgIpc) is 3.39. The van der Waals surface area contributed by atoms with Crippen LogP contribution < -0.4 is 5.32 Å². The third-order valence-electron chi connectivity index (χ3n) is 5.13. The number of H-pyrrole nitrogens is 1. The third-order valence-corrected chi connectivity index (χ3v) is 6.26. The molecule has 0 spiro atoms. The van der Waals surface area contributed by atoms with Crippen molar-refractivity contribution < 1.29 is 9.59 Å². The quantitative estimate of drug-likeness (QED) is 0.597. The number of halogens is 1. The molecule has 0 radical (unpaired) electrons. The van der Waals surface area contributed by atoms with Gasteiger partial charge in [0.15, 0.2) is 0 Å². The topological polar surface area (TPSA) is 91.0 Å². The monoisotopic (exact) mass is 431 g/mol. The minimum Gasteiger partial charge on any atom is -0.361 e. The maximum absolute atomic E-state index is 12.5. The van der Waals surface area contributed by atoms with Crippen LogP contribution in [0.3, 0.4) is 0 Å².